The molecule has 7 heteroatoms. The molecule has 0 saturated carbocycles. The number of nitrogens with one attached hydrogen (secondary N) is 1. The molecule has 0 fully saturated rings. The van der Waals surface area contributed by atoms with Gasteiger partial charge in [0, 0.05) is 0 Å². The molecule has 0 aliphatic carbocycles. The lowest BCUT2D eigenvalue weighted by Gasteiger charge is -2.12. The Bertz CT molecular complexity index is 720. The van der Waals surface area contributed by atoms with E-state index in [2.05, 4.69) is 31.2 Å². The Hall–Kier alpha value is -2.54. The first-order chi connectivity index (χ1) is 11.6. The smallest absolute Gasteiger partial charge is 0.343 e. The van der Waals surface area contributed by atoms with Crippen LogP contribution in [0.2, 0.25) is 0 Å². The molecule has 2 rings (SSSR count). The SMILES string of the molecule is COC(=O)COc1c(Br)cc(C=NNc2ccccc2)cc1OC. The maximum atomic E-state index is 11.2. The molecular weight excluding hydrogens is 376 g/mol. The van der Waals surface area contributed by atoms with E-state index in [0.717, 1.165) is 11.3 Å². The maximum Gasteiger partial charge on any atom is 0.343 e. The molecule has 0 radical (unpaired) electrons. The van der Waals surface area contributed by atoms with Crippen molar-refractivity contribution in [1.82, 2.24) is 0 Å². The van der Waals surface area contributed by atoms with E-state index in [1.807, 2.05) is 36.4 Å². The Morgan fingerprint density at radius 1 is 1.25 bits per heavy atom. The number of carbonyl (C=O) groups excluding carboxylic acids is 1. The second kappa shape index (κ2) is 8.93. The molecule has 1 N–H and O–H groups in total. The van der Waals surface area contributed by atoms with Crippen molar-refractivity contribution in [3.63, 3.8) is 0 Å². The fourth-order valence-corrected chi connectivity index (χ4v) is 2.41. The van der Waals surface area contributed by atoms with Crippen LogP contribution >= 0.6 is 15.9 Å². The van der Waals surface area contributed by atoms with Crippen LogP contribution in [0.5, 0.6) is 11.5 Å². The molecule has 0 bridgehead atoms. The van der Waals surface area contributed by atoms with E-state index in [0.29, 0.717) is 16.0 Å². The Balaban J connectivity index is 2.11. The maximum absolute atomic E-state index is 11.2. The van der Waals surface area contributed by atoms with E-state index in [1.54, 1.807) is 12.3 Å². The second-order valence-corrected chi connectivity index (χ2v) is 5.49. The van der Waals surface area contributed by atoms with Crippen molar-refractivity contribution in [2.75, 3.05) is 26.3 Å². The van der Waals surface area contributed by atoms with Crippen molar-refractivity contribution in [3.05, 3.63) is 52.5 Å². The number of hydrogen-bond donors (Lipinski definition) is 1. The van der Waals surface area contributed by atoms with Crippen LogP contribution in [0.1, 0.15) is 5.56 Å². The highest BCUT2D eigenvalue weighted by Crippen LogP contribution is 2.36. The number of hydrogen-bond acceptors (Lipinski definition) is 6. The topological polar surface area (TPSA) is 69.2 Å². The monoisotopic (exact) mass is 392 g/mol. The van der Waals surface area contributed by atoms with Crippen molar-refractivity contribution in [2.45, 2.75) is 0 Å². The minimum Gasteiger partial charge on any atom is -0.493 e. The molecule has 0 saturated heterocycles. The van der Waals surface area contributed by atoms with Gasteiger partial charge in [-0.1, -0.05) is 18.2 Å². The standard InChI is InChI=1S/C17H17BrN2O4/c1-22-15-9-12(10-19-20-13-6-4-3-5-7-13)8-14(18)17(15)24-11-16(21)23-2/h3-10,20H,11H2,1-2H3. The van der Waals surface area contributed by atoms with Gasteiger partial charge < -0.3 is 14.2 Å². The number of nitrogens with zero attached hydrogens (tertiary/aromatic N) is 1. The summed E-state index contributed by atoms with van der Waals surface area (Å²) in [5.74, 6) is 0.437. The third-order valence-corrected chi connectivity index (χ3v) is 3.58. The lowest BCUT2D eigenvalue weighted by molar-refractivity contribution is -0.142. The predicted octanol–water partition coefficient (Wildman–Crippen LogP) is 3.46. The molecule has 0 amide bonds. The van der Waals surface area contributed by atoms with Crippen LogP contribution in [0.15, 0.2) is 52.0 Å². The number of rotatable bonds is 7. The minimum absolute atomic E-state index is 0.200. The Kier molecular flexibility index (Phi) is 6.62. The fourth-order valence-electron chi connectivity index (χ4n) is 1.84. The summed E-state index contributed by atoms with van der Waals surface area (Å²) in [5.41, 5.74) is 4.62. The predicted molar refractivity (Wildman–Crippen MR) is 95.9 cm³/mol. The first-order valence-electron chi connectivity index (χ1n) is 7.05. The van der Waals surface area contributed by atoms with Crippen LogP contribution in [0.3, 0.4) is 0 Å². The number of benzene rings is 2. The van der Waals surface area contributed by atoms with Gasteiger partial charge in [0.05, 0.1) is 30.6 Å². The molecule has 126 valence electrons. The molecule has 6 nitrogen and oxygen atoms in total. The van der Waals surface area contributed by atoms with Gasteiger partial charge in [0.25, 0.3) is 0 Å². The lowest BCUT2D eigenvalue weighted by Crippen LogP contribution is -2.13. The van der Waals surface area contributed by atoms with Gasteiger partial charge in [-0.3, -0.25) is 5.43 Å². The second-order valence-electron chi connectivity index (χ2n) is 4.63. The van der Waals surface area contributed by atoms with Crippen molar-refractivity contribution in [1.29, 1.82) is 0 Å². The van der Waals surface area contributed by atoms with Crippen molar-refractivity contribution in [3.8, 4) is 11.5 Å². The molecule has 0 aliphatic heterocycles. The average molecular weight is 393 g/mol. The van der Waals surface area contributed by atoms with Crippen LogP contribution in [0.4, 0.5) is 5.69 Å². The van der Waals surface area contributed by atoms with E-state index in [1.165, 1.54) is 14.2 Å². The Morgan fingerprint density at radius 3 is 2.67 bits per heavy atom. The van der Waals surface area contributed by atoms with E-state index >= 15 is 0 Å². The highest BCUT2D eigenvalue weighted by atomic mass is 79.9. The summed E-state index contributed by atoms with van der Waals surface area (Å²) < 4.78 is 15.9. The highest BCUT2D eigenvalue weighted by Gasteiger charge is 2.13. The normalized spacial score (nSPS) is 10.5. The van der Waals surface area contributed by atoms with E-state index in [4.69, 9.17) is 9.47 Å². The van der Waals surface area contributed by atoms with Crippen molar-refractivity contribution < 1.29 is 19.0 Å². The first-order valence-corrected chi connectivity index (χ1v) is 7.84. The van der Waals surface area contributed by atoms with E-state index < -0.39 is 5.97 Å². The zero-order chi connectivity index (χ0) is 17.4. The summed E-state index contributed by atoms with van der Waals surface area (Å²) in [6.45, 7) is -0.200. The fraction of sp³-hybridized carbons (Fsp3) is 0.176. The third-order valence-electron chi connectivity index (χ3n) is 2.99. The number of halogens is 1. The number of ether oxygens (including phenoxy) is 3. The molecule has 0 heterocycles. The molecule has 0 aromatic heterocycles. The summed E-state index contributed by atoms with van der Waals surface area (Å²) >= 11 is 3.41. The number of methoxy groups -OCH3 is 2. The molecule has 0 unspecified atom stereocenters. The molecule has 24 heavy (non-hydrogen) atoms. The lowest BCUT2D eigenvalue weighted by atomic mass is 10.2. The molecular formula is C17H17BrN2O4. The number of hydrazone groups is 1. The number of carbonyl (C=O) groups is 1. The first kappa shape index (κ1) is 17.8. The van der Waals surface area contributed by atoms with Gasteiger partial charge in [0.15, 0.2) is 18.1 Å². The van der Waals surface area contributed by atoms with Crippen LogP contribution in [0, 0.1) is 0 Å². The summed E-state index contributed by atoms with van der Waals surface area (Å²) in [6.07, 6.45) is 1.66. The summed E-state index contributed by atoms with van der Waals surface area (Å²) in [5, 5.41) is 4.18. The Labute approximate surface area is 148 Å². The number of anilines is 1. The summed E-state index contributed by atoms with van der Waals surface area (Å²) in [7, 11) is 2.83. The minimum atomic E-state index is -0.471. The van der Waals surface area contributed by atoms with Gasteiger partial charge >= 0.3 is 5.97 Å². The van der Waals surface area contributed by atoms with Crippen LogP contribution < -0.4 is 14.9 Å². The van der Waals surface area contributed by atoms with E-state index in [9.17, 15) is 4.79 Å². The van der Waals surface area contributed by atoms with Gasteiger partial charge in [-0.15, -0.1) is 0 Å². The molecule has 2 aromatic carbocycles. The quantitative estimate of drug-likeness (QED) is 0.443. The van der Waals surface area contributed by atoms with Gasteiger partial charge in [0.1, 0.15) is 0 Å². The molecule has 0 atom stereocenters. The van der Waals surface area contributed by atoms with Crippen LogP contribution in [-0.4, -0.2) is 33.0 Å². The molecule has 0 spiro atoms. The van der Waals surface area contributed by atoms with Crippen molar-refractivity contribution in [2.24, 2.45) is 5.10 Å². The van der Waals surface area contributed by atoms with Gasteiger partial charge in [-0.25, -0.2) is 4.79 Å². The number of esters is 1. The zero-order valence-electron chi connectivity index (χ0n) is 13.3. The van der Waals surface area contributed by atoms with Gasteiger partial charge in [-0.2, -0.15) is 5.10 Å². The molecule has 0 aliphatic rings. The summed E-state index contributed by atoms with van der Waals surface area (Å²) in [4.78, 5) is 11.2. The third kappa shape index (κ3) is 4.99. The highest BCUT2D eigenvalue weighted by molar-refractivity contribution is 9.10. The van der Waals surface area contributed by atoms with Crippen LogP contribution in [0.25, 0.3) is 0 Å². The zero-order valence-corrected chi connectivity index (χ0v) is 14.9. The van der Waals surface area contributed by atoms with Crippen molar-refractivity contribution >= 4 is 33.8 Å². The summed E-state index contributed by atoms with van der Waals surface area (Å²) in [6, 6.07) is 13.2. The Morgan fingerprint density at radius 2 is 2.00 bits per heavy atom. The average Bonchev–Trinajstić information content (AvgIpc) is 2.61. The van der Waals surface area contributed by atoms with Crippen LogP contribution in [-0.2, 0) is 9.53 Å². The van der Waals surface area contributed by atoms with Gasteiger partial charge in [0.2, 0.25) is 0 Å². The van der Waals surface area contributed by atoms with E-state index in [-0.39, 0.29) is 6.61 Å². The number of para-hydroxylation sites is 1. The molecule has 2 aromatic rings. The van der Waals surface area contributed by atoms with Gasteiger partial charge in [-0.05, 0) is 45.8 Å². The largest absolute Gasteiger partial charge is 0.493 e.